The van der Waals surface area contributed by atoms with E-state index < -0.39 is 10.2 Å². The Balaban J connectivity index is 1.57. The van der Waals surface area contributed by atoms with Crippen molar-refractivity contribution in [2.24, 2.45) is 0 Å². The number of morpholine rings is 1. The van der Waals surface area contributed by atoms with Crippen LogP contribution in [0, 0.1) is 0 Å². The summed E-state index contributed by atoms with van der Waals surface area (Å²) in [5, 5.41) is 0. The maximum atomic E-state index is 12.3. The normalized spacial score (nSPS) is 19.6. The van der Waals surface area contributed by atoms with Crippen molar-refractivity contribution in [1.29, 1.82) is 0 Å². The van der Waals surface area contributed by atoms with Gasteiger partial charge in [0.05, 0.1) is 13.2 Å². The first-order chi connectivity index (χ1) is 11.6. The molecular weight excluding hydrogens is 330 g/mol. The minimum atomic E-state index is -3.49. The van der Waals surface area contributed by atoms with Crippen LogP contribution >= 0.6 is 0 Å². The number of carbonyl (C=O) groups excluding carboxylic acids is 1. The Kier molecular flexibility index (Phi) is 5.50. The number of nitrogens with zero attached hydrogens (tertiary/aromatic N) is 2. The molecule has 1 N–H and O–H groups in total. The van der Waals surface area contributed by atoms with Crippen LogP contribution in [0.25, 0.3) is 0 Å². The third-order valence-electron chi connectivity index (χ3n) is 4.36. The van der Waals surface area contributed by atoms with E-state index in [0.29, 0.717) is 31.9 Å². The van der Waals surface area contributed by atoms with E-state index in [1.807, 2.05) is 4.90 Å². The van der Waals surface area contributed by atoms with Crippen molar-refractivity contribution in [2.45, 2.75) is 19.4 Å². The SMILES string of the molecule is O=C(c1ccc(CNS(=O)(=O)N2CCOCC2)cc1)N1CCCC1. The summed E-state index contributed by atoms with van der Waals surface area (Å²) in [5.41, 5.74) is 1.47. The molecule has 7 nitrogen and oxygen atoms in total. The number of likely N-dealkylation sites (tertiary alicyclic amines) is 1. The topological polar surface area (TPSA) is 79.0 Å². The van der Waals surface area contributed by atoms with Crippen LogP contribution in [0.5, 0.6) is 0 Å². The van der Waals surface area contributed by atoms with Gasteiger partial charge in [-0.25, -0.2) is 0 Å². The average molecular weight is 353 g/mol. The first-order valence-corrected chi connectivity index (χ1v) is 9.71. The van der Waals surface area contributed by atoms with Gasteiger partial charge in [-0.3, -0.25) is 4.79 Å². The van der Waals surface area contributed by atoms with E-state index in [-0.39, 0.29) is 12.5 Å². The summed E-state index contributed by atoms with van der Waals surface area (Å²) in [6.45, 7) is 3.44. The second-order valence-corrected chi connectivity index (χ2v) is 7.79. The van der Waals surface area contributed by atoms with E-state index in [4.69, 9.17) is 4.74 Å². The minimum Gasteiger partial charge on any atom is -0.379 e. The molecule has 0 aromatic heterocycles. The van der Waals surface area contributed by atoms with Gasteiger partial charge >= 0.3 is 0 Å². The van der Waals surface area contributed by atoms with E-state index in [1.165, 1.54) is 4.31 Å². The monoisotopic (exact) mass is 353 g/mol. The zero-order valence-corrected chi connectivity index (χ0v) is 14.4. The average Bonchev–Trinajstić information content (AvgIpc) is 3.15. The van der Waals surface area contributed by atoms with Gasteiger partial charge < -0.3 is 9.64 Å². The number of rotatable bonds is 5. The Morgan fingerprint density at radius 3 is 2.29 bits per heavy atom. The molecule has 8 heteroatoms. The lowest BCUT2D eigenvalue weighted by Crippen LogP contribution is -2.46. The van der Waals surface area contributed by atoms with Crippen LogP contribution in [0.2, 0.25) is 0 Å². The molecule has 1 aromatic carbocycles. The largest absolute Gasteiger partial charge is 0.379 e. The Bertz CT molecular complexity index is 663. The zero-order chi connectivity index (χ0) is 17.0. The Morgan fingerprint density at radius 1 is 1.04 bits per heavy atom. The highest BCUT2D eigenvalue weighted by Crippen LogP contribution is 2.14. The molecule has 0 radical (unpaired) electrons. The van der Waals surface area contributed by atoms with Gasteiger partial charge in [0.2, 0.25) is 0 Å². The number of hydrogen-bond donors (Lipinski definition) is 1. The van der Waals surface area contributed by atoms with E-state index in [0.717, 1.165) is 31.5 Å². The molecule has 0 saturated carbocycles. The van der Waals surface area contributed by atoms with Crippen LogP contribution in [-0.4, -0.2) is 62.9 Å². The van der Waals surface area contributed by atoms with Gasteiger partial charge in [-0.05, 0) is 30.5 Å². The smallest absolute Gasteiger partial charge is 0.279 e. The van der Waals surface area contributed by atoms with Crippen molar-refractivity contribution >= 4 is 16.1 Å². The highest BCUT2D eigenvalue weighted by molar-refractivity contribution is 7.87. The van der Waals surface area contributed by atoms with Crippen molar-refractivity contribution < 1.29 is 17.9 Å². The predicted molar refractivity (Wildman–Crippen MR) is 89.7 cm³/mol. The fourth-order valence-corrected chi connectivity index (χ4v) is 4.08. The maximum absolute atomic E-state index is 12.3. The van der Waals surface area contributed by atoms with Gasteiger partial charge in [-0.15, -0.1) is 0 Å². The molecule has 3 rings (SSSR count). The molecule has 24 heavy (non-hydrogen) atoms. The van der Waals surface area contributed by atoms with Gasteiger partial charge in [0.1, 0.15) is 0 Å². The summed E-state index contributed by atoms with van der Waals surface area (Å²) < 4.78 is 33.6. The lowest BCUT2D eigenvalue weighted by molar-refractivity contribution is 0.0725. The fourth-order valence-electron chi connectivity index (χ4n) is 2.92. The van der Waals surface area contributed by atoms with Crippen LogP contribution in [-0.2, 0) is 21.5 Å². The molecule has 1 amide bonds. The van der Waals surface area contributed by atoms with Gasteiger partial charge in [0.25, 0.3) is 16.1 Å². The summed E-state index contributed by atoms with van der Waals surface area (Å²) in [5.74, 6) is 0.0490. The molecule has 0 unspecified atom stereocenters. The number of benzene rings is 1. The summed E-state index contributed by atoms with van der Waals surface area (Å²) in [6, 6.07) is 7.12. The molecule has 0 aliphatic carbocycles. The Morgan fingerprint density at radius 2 is 1.67 bits per heavy atom. The fraction of sp³-hybridized carbons (Fsp3) is 0.562. The Hall–Kier alpha value is -1.48. The molecule has 0 spiro atoms. The molecule has 2 heterocycles. The number of hydrogen-bond acceptors (Lipinski definition) is 4. The highest BCUT2D eigenvalue weighted by atomic mass is 32.2. The van der Waals surface area contributed by atoms with Crippen molar-refractivity contribution in [3.05, 3.63) is 35.4 Å². The van der Waals surface area contributed by atoms with Crippen molar-refractivity contribution in [1.82, 2.24) is 13.9 Å². The van der Waals surface area contributed by atoms with Crippen molar-refractivity contribution in [3.63, 3.8) is 0 Å². The predicted octanol–water partition coefficient (Wildman–Crippen LogP) is 0.589. The van der Waals surface area contributed by atoms with E-state index in [9.17, 15) is 13.2 Å². The minimum absolute atomic E-state index is 0.0490. The highest BCUT2D eigenvalue weighted by Gasteiger charge is 2.24. The Labute approximate surface area is 142 Å². The first-order valence-electron chi connectivity index (χ1n) is 8.27. The lowest BCUT2D eigenvalue weighted by Gasteiger charge is -2.26. The summed E-state index contributed by atoms with van der Waals surface area (Å²) >= 11 is 0. The molecule has 0 bridgehead atoms. The van der Waals surface area contributed by atoms with E-state index in [1.54, 1.807) is 24.3 Å². The van der Waals surface area contributed by atoms with Crippen LogP contribution < -0.4 is 4.72 Å². The zero-order valence-electron chi connectivity index (χ0n) is 13.6. The molecule has 0 atom stereocenters. The molecule has 2 fully saturated rings. The molecule has 1 aromatic rings. The van der Waals surface area contributed by atoms with Gasteiger partial charge in [0.15, 0.2) is 0 Å². The summed E-state index contributed by atoms with van der Waals surface area (Å²) in [4.78, 5) is 14.1. The number of nitrogens with one attached hydrogen (secondary N) is 1. The van der Waals surface area contributed by atoms with E-state index >= 15 is 0 Å². The number of ether oxygens (including phenoxy) is 1. The lowest BCUT2D eigenvalue weighted by atomic mass is 10.1. The second kappa shape index (κ2) is 7.60. The van der Waals surface area contributed by atoms with Crippen LogP contribution in [0.1, 0.15) is 28.8 Å². The van der Waals surface area contributed by atoms with Gasteiger partial charge in [-0.2, -0.15) is 17.4 Å². The summed E-state index contributed by atoms with van der Waals surface area (Å²) in [7, 11) is -3.49. The third kappa shape index (κ3) is 4.13. The van der Waals surface area contributed by atoms with Crippen molar-refractivity contribution in [3.8, 4) is 0 Å². The molecule has 2 aliphatic rings. The number of amides is 1. The molecule has 2 saturated heterocycles. The van der Waals surface area contributed by atoms with Crippen molar-refractivity contribution in [2.75, 3.05) is 39.4 Å². The van der Waals surface area contributed by atoms with Crippen LogP contribution in [0.4, 0.5) is 0 Å². The molecule has 2 aliphatic heterocycles. The van der Waals surface area contributed by atoms with E-state index in [2.05, 4.69) is 4.72 Å². The standard InChI is InChI=1S/C16H23N3O4S/c20-16(18-7-1-2-8-18)15-5-3-14(4-6-15)13-17-24(21,22)19-9-11-23-12-10-19/h3-6,17H,1-2,7-13H2. The van der Waals surface area contributed by atoms with Crippen LogP contribution in [0.15, 0.2) is 24.3 Å². The molecular formula is C16H23N3O4S. The third-order valence-corrected chi connectivity index (χ3v) is 5.92. The quantitative estimate of drug-likeness (QED) is 0.840. The number of carbonyl (C=O) groups is 1. The molecule has 132 valence electrons. The summed E-state index contributed by atoms with van der Waals surface area (Å²) in [6.07, 6.45) is 2.13. The first kappa shape index (κ1) is 17.3. The van der Waals surface area contributed by atoms with Crippen LogP contribution in [0.3, 0.4) is 0 Å². The van der Waals surface area contributed by atoms with Gasteiger partial charge in [-0.1, -0.05) is 12.1 Å². The maximum Gasteiger partial charge on any atom is 0.279 e. The second-order valence-electron chi connectivity index (χ2n) is 6.03. The van der Waals surface area contributed by atoms with Gasteiger partial charge in [0, 0.05) is 38.3 Å².